The molecule has 144 valence electrons. The molecule has 3 unspecified atom stereocenters. The number of methoxy groups -OCH3 is 1. The number of amides is 1. The van der Waals surface area contributed by atoms with Gasteiger partial charge in [-0.2, -0.15) is 11.8 Å². The predicted molar refractivity (Wildman–Crippen MR) is 95.7 cm³/mol. The molecule has 0 aliphatic carbocycles. The van der Waals surface area contributed by atoms with Crippen LogP contribution < -0.4 is 14.8 Å². The average Bonchev–Trinajstić information content (AvgIpc) is 3.07. The molecule has 8 nitrogen and oxygen atoms in total. The summed E-state index contributed by atoms with van der Waals surface area (Å²) in [6.07, 6.45) is -0.607. The minimum atomic E-state index is -1.06. The zero-order valence-electron chi connectivity index (χ0n) is 14.7. The Morgan fingerprint density at radius 3 is 2.65 bits per heavy atom. The molecule has 1 aliphatic rings. The number of hydrogen-bond donors (Lipinski definition) is 2. The maximum atomic E-state index is 11.1. The van der Waals surface area contributed by atoms with Crippen LogP contribution in [0.5, 0.6) is 11.5 Å². The number of carboxylic acids is 1. The summed E-state index contributed by atoms with van der Waals surface area (Å²) in [5.74, 6) is 0.752. The molecule has 9 heteroatoms. The summed E-state index contributed by atoms with van der Waals surface area (Å²) in [5.41, 5.74) is 0. The van der Waals surface area contributed by atoms with Crippen LogP contribution in [0.15, 0.2) is 24.3 Å². The van der Waals surface area contributed by atoms with Crippen LogP contribution in [-0.2, 0) is 19.1 Å². The summed E-state index contributed by atoms with van der Waals surface area (Å²) in [4.78, 5) is 22.1. The molecule has 26 heavy (non-hydrogen) atoms. The van der Waals surface area contributed by atoms with E-state index in [0.717, 1.165) is 5.75 Å². The lowest BCUT2D eigenvalue weighted by molar-refractivity contribution is -0.140. The molecule has 0 spiro atoms. The van der Waals surface area contributed by atoms with Gasteiger partial charge in [0.15, 0.2) is 6.29 Å². The van der Waals surface area contributed by atoms with Gasteiger partial charge in [0, 0.05) is 18.4 Å². The van der Waals surface area contributed by atoms with Gasteiger partial charge in [-0.25, -0.2) is 4.79 Å². The quantitative estimate of drug-likeness (QED) is 0.618. The van der Waals surface area contributed by atoms with E-state index >= 15 is 0 Å². The molecule has 1 aromatic carbocycles. The van der Waals surface area contributed by atoms with Crippen LogP contribution in [0.3, 0.4) is 0 Å². The Morgan fingerprint density at radius 2 is 2.04 bits per heavy atom. The zero-order chi connectivity index (χ0) is 18.9. The second kappa shape index (κ2) is 10.2. The Kier molecular flexibility index (Phi) is 8.02. The van der Waals surface area contributed by atoms with Crippen LogP contribution in [-0.4, -0.2) is 67.2 Å². The Hall–Kier alpha value is -1.97. The first-order chi connectivity index (χ1) is 12.5. The lowest BCUT2D eigenvalue weighted by Gasteiger charge is -2.15. The van der Waals surface area contributed by atoms with Crippen molar-refractivity contribution >= 4 is 23.6 Å². The fourth-order valence-corrected chi connectivity index (χ4v) is 3.21. The monoisotopic (exact) mass is 385 g/mol. The van der Waals surface area contributed by atoms with E-state index in [2.05, 4.69) is 5.32 Å². The molecule has 0 aromatic heterocycles. The summed E-state index contributed by atoms with van der Waals surface area (Å²) in [6, 6.07) is 6.34. The van der Waals surface area contributed by atoms with Gasteiger partial charge < -0.3 is 29.4 Å². The van der Waals surface area contributed by atoms with Gasteiger partial charge in [0.1, 0.15) is 30.3 Å². The summed E-state index contributed by atoms with van der Waals surface area (Å²) in [5, 5.41) is 11.4. The fourth-order valence-electron chi connectivity index (χ4n) is 2.25. The first-order valence-corrected chi connectivity index (χ1v) is 9.25. The van der Waals surface area contributed by atoms with E-state index in [-0.39, 0.29) is 17.8 Å². The third-order valence-corrected chi connectivity index (χ3v) is 4.60. The summed E-state index contributed by atoms with van der Waals surface area (Å²) < 4.78 is 22.0. The minimum absolute atomic E-state index is 0.187. The average molecular weight is 385 g/mol. The van der Waals surface area contributed by atoms with Gasteiger partial charge in [-0.05, 0) is 24.3 Å². The van der Waals surface area contributed by atoms with Crippen molar-refractivity contribution in [3.63, 3.8) is 0 Å². The molecule has 0 saturated carbocycles. The van der Waals surface area contributed by atoms with E-state index in [4.69, 9.17) is 24.1 Å². The van der Waals surface area contributed by atoms with Gasteiger partial charge in [-0.3, -0.25) is 4.79 Å². The number of carbonyl (C=O) groups excluding carboxylic acids is 1. The van der Waals surface area contributed by atoms with Gasteiger partial charge in [0.25, 0.3) is 0 Å². The molecule has 0 bridgehead atoms. The van der Waals surface area contributed by atoms with E-state index in [9.17, 15) is 9.59 Å². The minimum Gasteiger partial charge on any atom is -0.497 e. The highest BCUT2D eigenvalue weighted by atomic mass is 32.2. The Labute approximate surface area is 156 Å². The second-order valence-corrected chi connectivity index (χ2v) is 6.71. The van der Waals surface area contributed by atoms with Gasteiger partial charge >= 0.3 is 5.97 Å². The van der Waals surface area contributed by atoms with Crippen molar-refractivity contribution in [2.24, 2.45) is 0 Å². The number of carboxylic acid groups (broad SMARTS) is 1. The summed E-state index contributed by atoms with van der Waals surface area (Å²) in [7, 11) is 1.60. The highest BCUT2D eigenvalue weighted by Crippen LogP contribution is 2.20. The number of benzene rings is 1. The van der Waals surface area contributed by atoms with E-state index in [1.54, 1.807) is 7.11 Å². The third kappa shape index (κ3) is 6.74. The van der Waals surface area contributed by atoms with Crippen molar-refractivity contribution in [1.29, 1.82) is 0 Å². The predicted octanol–water partition coefficient (Wildman–Crippen LogP) is 1.14. The number of aliphatic carboxylic acids is 1. The normalized spacial score (nSPS) is 20.4. The van der Waals surface area contributed by atoms with Crippen LogP contribution in [0.4, 0.5) is 0 Å². The van der Waals surface area contributed by atoms with E-state index in [1.807, 2.05) is 24.3 Å². The molecular weight excluding hydrogens is 362 g/mol. The highest BCUT2D eigenvalue weighted by Gasteiger charge is 2.27. The number of rotatable bonds is 10. The third-order valence-electron chi connectivity index (χ3n) is 3.52. The van der Waals surface area contributed by atoms with Crippen molar-refractivity contribution in [3.05, 3.63) is 24.3 Å². The van der Waals surface area contributed by atoms with Crippen molar-refractivity contribution in [1.82, 2.24) is 5.32 Å². The Balaban J connectivity index is 1.66. The molecule has 1 aromatic rings. The molecule has 1 amide bonds. The van der Waals surface area contributed by atoms with Crippen LogP contribution in [0.1, 0.15) is 6.92 Å². The molecule has 1 heterocycles. The van der Waals surface area contributed by atoms with Crippen LogP contribution in [0.25, 0.3) is 0 Å². The van der Waals surface area contributed by atoms with E-state index in [1.165, 1.54) is 18.7 Å². The van der Waals surface area contributed by atoms with Crippen LogP contribution in [0.2, 0.25) is 0 Å². The second-order valence-electron chi connectivity index (χ2n) is 5.64. The van der Waals surface area contributed by atoms with E-state index < -0.39 is 18.3 Å². The maximum absolute atomic E-state index is 11.1. The zero-order valence-corrected chi connectivity index (χ0v) is 15.5. The standard InChI is InChI=1S/C17H23NO7S/c1-11(19)18-15(17(20)21)9-26-10-16-24-8-14(25-16)7-23-13-5-3-12(22-2)4-6-13/h3-6,14-16H,7-10H2,1-2H3,(H,18,19)(H,20,21). The van der Waals surface area contributed by atoms with Crippen LogP contribution in [0, 0.1) is 0 Å². The molecule has 0 radical (unpaired) electrons. The topological polar surface area (TPSA) is 103 Å². The first kappa shape index (κ1) is 20.3. The number of ether oxygens (including phenoxy) is 4. The highest BCUT2D eigenvalue weighted by molar-refractivity contribution is 7.99. The largest absolute Gasteiger partial charge is 0.497 e. The molecule has 1 aliphatic heterocycles. The number of hydrogen-bond acceptors (Lipinski definition) is 7. The number of thioether (sulfide) groups is 1. The molecule has 2 rings (SSSR count). The maximum Gasteiger partial charge on any atom is 0.327 e. The van der Waals surface area contributed by atoms with Gasteiger partial charge in [0.05, 0.1) is 13.7 Å². The smallest absolute Gasteiger partial charge is 0.327 e. The Morgan fingerprint density at radius 1 is 1.35 bits per heavy atom. The van der Waals surface area contributed by atoms with Crippen molar-refractivity contribution in [2.75, 3.05) is 31.8 Å². The summed E-state index contributed by atoms with van der Waals surface area (Å²) in [6.45, 7) is 2.06. The van der Waals surface area contributed by atoms with Gasteiger partial charge in [-0.15, -0.1) is 0 Å². The van der Waals surface area contributed by atoms with Gasteiger partial charge in [-0.1, -0.05) is 0 Å². The van der Waals surface area contributed by atoms with E-state index in [0.29, 0.717) is 24.7 Å². The molecule has 1 fully saturated rings. The number of carbonyl (C=O) groups is 2. The lowest BCUT2D eigenvalue weighted by atomic mass is 10.3. The molecule has 2 N–H and O–H groups in total. The van der Waals surface area contributed by atoms with Crippen molar-refractivity contribution < 1.29 is 33.6 Å². The number of nitrogens with one attached hydrogen (secondary N) is 1. The van der Waals surface area contributed by atoms with Crippen molar-refractivity contribution in [3.8, 4) is 11.5 Å². The Bertz CT molecular complexity index is 595. The molecule has 1 saturated heterocycles. The lowest BCUT2D eigenvalue weighted by Crippen LogP contribution is -2.41. The molecule has 3 atom stereocenters. The fraction of sp³-hybridized carbons (Fsp3) is 0.529. The van der Waals surface area contributed by atoms with Crippen molar-refractivity contribution in [2.45, 2.75) is 25.4 Å². The van der Waals surface area contributed by atoms with Gasteiger partial charge in [0.2, 0.25) is 5.91 Å². The first-order valence-electron chi connectivity index (χ1n) is 8.09. The summed E-state index contributed by atoms with van der Waals surface area (Å²) >= 11 is 1.35. The SMILES string of the molecule is COc1ccc(OCC2COC(CSCC(NC(C)=O)C(=O)O)O2)cc1. The molecular formula is C17H23NO7S. The van der Waals surface area contributed by atoms with Crippen LogP contribution >= 0.6 is 11.8 Å².